The summed E-state index contributed by atoms with van der Waals surface area (Å²) in [6.07, 6.45) is 1.59. The lowest BCUT2D eigenvalue weighted by atomic mass is 9.91. The molecular weight excluding hydrogens is 488 g/mol. The predicted molar refractivity (Wildman–Crippen MR) is 147 cm³/mol. The predicted octanol–water partition coefficient (Wildman–Crippen LogP) is 4.57. The van der Waals surface area contributed by atoms with Crippen LogP contribution in [0.15, 0.2) is 59.4 Å². The Hall–Kier alpha value is -3.39. The van der Waals surface area contributed by atoms with Gasteiger partial charge in [-0.1, -0.05) is 42.5 Å². The topological polar surface area (TPSA) is 80.9 Å². The van der Waals surface area contributed by atoms with Gasteiger partial charge in [-0.05, 0) is 43.0 Å². The van der Waals surface area contributed by atoms with Crippen molar-refractivity contribution >= 4 is 17.7 Å². The van der Waals surface area contributed by atoms with Crippen LogP contribution < -0.4 is 19.8 Å². The molecule has 7 nitrogen and oxygen atoms in total. The summed E-state index contributed by atoms with van der Waals surface area (Å²) in [7, 11) is 2.94. The summed E-state index contributed by atoms with van der Waals surface area (Å²) in [5, 5.41) is 0. The van der Waals surface area contributed by atoms with Crippen molar-refractivity contribution in [3.63, 3.8) is 0 Å². The molecule has 0 radical (unpaired) electrons. The molecule has 1 atom stereocenters. The lowest BCUT2D eigenvalue weighted by molar-refractivity contribution is -0.132. The van der Waals surface area contributed by atoms with E-state index >= 15 is 0 Å². The Kier molecular flexibility index (Phi) is 9.17. The minimum absolute atomic E-state index is 0.123. The first kappa shape index (κ1) is 26.7. The average molecular weight is 523 g/mol. The molecule has 1 N–H and O–H groups in total. The normalized spacial score (nSPS) is 14.2. The van der Waals surface area contributed by atoms with Gasteiger partial charge >= 0.3 is 0 Å². The van der Waals surface area contributed by atoms with Gasteiger partial charge in [-0.2, -0.15) is 11.8 Å². The summed E-state index contributed by atoms with van der Waals surface area (Å²) in [6, 6.07) is 18.1. The summed E-state index contributed by atoms with van der Waals surface area (Å²) in [6.45, 7) is 3.60. The highest BCUT2D eigenvalue weighted by Gasteiger charge is 2.27. The number of thioether (sulfide) groups is 1. The molecule has 0 bridgehead atoms. The molecule has 1 amide bonds. The van der Waals surface area contributed by atoms with Gasteiger partial charge in [-0.3, -0.25) is 9.59 Å². The van der Waals surface area contributed by atoms with Gasteiger partial charge in [0.25, 0.3) is 5.56 Å². The molecule has 0 saturated carbocycles. The molecule has 1 fully saturated rings. The fraction of sp³-hybridized carbons (Fsp3) is 0.379. The van der Waals surface area contributed by atoms with Gasteiger partial charge in [-0.15, -0.1) is 0 Å². The molecule has 4 rings (SSSR count). The number of ether oxygens (including phenoxy) is 3. The van der Waals surface area contributed by atoms with Crippen molar-refractivity contribution in [3.05, 3.63) is 87.3 Å². The molecule has 196 valence electrons. The summed E-state index contributed by atoms with van der Waals surface area (Å²) >= 11 is 1.90. The van der Waals surface area contributed by atoms with E-state index in [4.69, 9.17) is 14.2 Å². The number of benzene rings is 2. The van der Waals surface area contributed by atoms with E-state index in [-0.39, 0.29) is 29.7 Å². The van der Waals surface area contributed by atoms with Crippen LogP contribution in [-0.4, -0.2) is 54.6 Å². The summed E-state index contributed by atoms with van der Waals surface area (Å²) < 4.78 is 16.7. The van der Waals surface area contributed by atoms with E-state index < -0.39 is 0 Å². The number of methoxy groups -OCH3 is 2. The Labute approximate surface area is 222 Å². The molecule has 0 spiro atoms. The zero-order valence-electron chi connectivity index (χ0n) is 21.6. The molecule has 1 aliphatic rings. The van der Waals surface area contributed by atoms with Crippen LogP contribution in [0.1, 0.15) is 34.7 Å². The molecule has 1 aliphatic heterocycles. The summed E-state index contributed by atoms with van der Waals surface area (Å²) in [5.41, 5.74) is 3.25. The standard InChI is InChI=1S/C29H34N2O5S/c1-20-25(26(34-2)27(35-3)28(32)30-20)19-36-23-12-10-22(11-13-23)24(14-9-21-7-5-4-6-8-21)29(33)31-15-17-37-18-16-31/h4-8,10-13,24H,9,14-19H2,1-3H3,(H,30,32). The quantitative estimate of drug-likeness (QED) is 0.420. The van der Waals surface area contributed by atoms with E-state index in [9.17, 15) is 9.59 Å². The van der Waals surface area contributed by atoms with Crippen molar-refractivity contribution in [1.29, 1.82) is 0 Å². The van der Waals surface area contributed by atoms with Gasteiger partial charge in [-0.25, -0.2) is 0 Å². The molecule has 2 aromatic carbocycles. The van der Waals surface area contributed by atoms with Crippen LogP contribution in [0, 0.1) is 6.92 Å². The van der Waals surface area contributed by atoms with E-state index in [1.165, 1.54) is 19.8 Å². The Bertz CT molecular complexity index is 1240. The number of aryl methyl sites for hydroxylation is 2. The zero-order valence-corrected chi connectivity index (χ0v) is 22.4. The molecule has 8 heteroatoms. The van der Waals surface area contributed by atoms with Crippen LogP contribution in [0.2, 0.25) is 0 Å². The molecule has 2 heterocycles. The number of amides is 1. The van der Waals surface area contributed by atoms with Crippen LogP contribution in [-0.2, 0) is 17.8 Å². The Balaban J connectivity index is 1.51. The minimum Gasteiger partial charge on any atom is -0.492 e. The molecule has 1 unspecified atom stereocenters. The first-order valence-electron chi connectivity index (χ1n) is 12.5. The minimum atomic E-state index is -0.344. The van der Waals surface area contributed by atoms with Crippen LogP contribution in [0.5, 0.6) is 17.2 Å². The third kappa shape index (κ3) is 6.49. The highest BCUT2D eigenvalue weighted by molar-refractivity contribution is 7.99. The lowest BCUT2D eigenvalue weighted by Gasteiger charge is -2.30. The third-order valence-electron chi connectivity index (χ3n) is 6.70. The number of hydrogen-bond acceptors (Lipinski definition) is 6. The summed E-state index contributed by atoms with van der Waals surface area (Å²) in [5.74, 6) is 3.13. The van der Waals surface area contributed by atoms with Gasteiger partial charge in [0.05, 0.1) is 25.7 Å². The zero-order chi connectivity index (χ0) is 26.2. The Morgan fingerprint density at radius 2 is 1.68 bits per heavy atom. The second-order valence-corrected chi connectivity index (χ2v) is 10.2. The molecule has 3 aromatic rings. The number of nitrogens with zero attached hydrogens (tertiary/aromatic N) is 1. The van der Waals surface area contributed by atoms with Gasteiger partial charge in [0.1, 0.15) is 12.4 Å². The first-order chi connectivity index (χ1) is 18.0. The van der Waals surface area contributed by atoms with Gasteiger partial charge in [0, 0.05) is 30.3 Å². The highest BCUT2D eigenvalue weighted by Crippen LogP contribution is 2.31. The number of carbonyl (C=O) groups excluding carboxylic acids is 1. The second-order valence-electron chi connectivity index (χ2n) is 9.00. The fourth-order valence-electron chi connectivity index (χ4n) is 4.63. The van der Waals surface area contributed by atoms with Crippen molar-refractivity contribution in [2.45, 2.75) is 32.3 Å². The number of hydrogen-bond donors (Lipinski definition) is 1. The SMILES string of the molecule is COc1c(COc2ccc(C(CCc3ccccc3)C(=O)N3CCSCC3)cc2)c(C)[nH]c(=O)c1OC. The van der Waals surface area contributed by atoms with Crippen LogP contribution >= 0.6 is 11.8 Å². The van der Waals surface area contributed by atoms with Crippen LogP contribution in [0.25, 0.3) is 0 Å². The van der Waals surface area contributed by atoms with Gasteiger partial charge in [0.2, 0.25) is 11.7 Å². The number of aromatic nitrogens is 1. The number of nitrogens with one attached hydrogen (secondary N) is 1. The van der Waals surface area contributed by atoms with E-state index in [0.29, 0.717) is 22.8 Å². The van der Waals surface area contributed by atoms with E-state index in [0.717, 1.165) is 43.0 Å². The molecule has 1 aromatic heterocycles. The monoisotopic (exact) mass is 522 g/mol. The van der Waals surface area contributed by atoms with Gasteiger partial charge < -0.3 is 24.1 Å². The molecule has 37 heavy (non-hydrogen) atoms. The van der Waals surface area contributed by atoms with Crippen molar-refractivity contribution in [3.8, 4) is 17.2 Å². The van der Waals surface area contributed by atoms with Crippen LogP contribution in [0.3, 0.4) is 0 Å². The average Bonchev–Trinajstić information content (AvgIpc) is 2.93. The first-order valence-corrected chi connectivity index (χ1v) is 13.6. The smallest absolute Gasteiger partial charge is 0.294 e. The largest absolute Gasteiger partial charge is 0.492 e. The van der Waals surface area contributed by atoms with Crippen molar-refractivity contribution in [2.75, 3.05) is 38.8 Å². The number of aromatic amines is 1. The maximum absolute atomic E-state index is 13.5. The maximum Gasteiger partial charge on any atom is 0.294 e. The summed E-state index contributed by atoms with van der Waals surface area (Å²) in [4.78, 5) is 30.5. The maximum atomic E-state index is 13.5. The van der Waals surface area contributed by atoms with E-state index in [1.54, 1.807) is 6.92 Å². The van der Waals surface area contributed by atoms with Gasteiger partial charge in [0.15, 0.2) is 5.75 Å². The van der Waals surface area contributed by atoms with Crippen LogP contribution in [0.4, 0.5) is 0 Å². The Morgan fingerprint density at radius 1 is 1.00 bits per heavy atom. The van der Waals surface area contributed by atoms with E-state index in [1.807, 2.05) is 59.1 Å². The second kappa shape index (κ2) is 12.7. The molecule has 0 aliphatic carbocycles. The molecule has 1 saturated heterocycles. The Morgan fingerprint density at radius 3 is 2.32 bits per heavy atom. The number of pyridine rings is 1. The number of H-pyrrole nitrogens is 1. The van der Waals surface area contributed by atoms with Crippen molar-refractivity contribution < 1.29 is 19.0 Å². The van der Waals surface area contributed by atoms with Crippen molar-refractivity contribution in [1.82, 2.24) is 9.88 Å². The molecular formula is C29H34N2O5S. The lowest BCUT2D eigenvalue weighted by Crippen LogP contribution is -2.41. The highest BCUT2D eigenvalue weighted by atomic mass is 32.2. The number of carbonyl (C=O) groups is 1. The van der Waals surface area contributed by atoms with E-state index in [2.05, 4.69) is 17.1 Å². The third-order valence-corrected chi connectivity index (χ3v) is 7.64. The number of rotatable bonds is 10. The van der Waals surface area contributed by atoms with Crippen molar-refractivity contribution in [2.24, 2.45) is 0 Å². The fourth-order valence-corrected chi connectivity index (χ4v) is 5.54.